The van der Waals surface area contributed by atoms with Gasteiger partial charge in [-0.25, -0.2) is 0 Å². The Hall–Kier alpha value is -0.926. The fourth-order valence-corrected chi connectivity index (χ4v) is 14.8. The number of fused-ring (bicyclic) bond motifs is 7. The average Bonchev–Trinajstić information content (AvgIpc) is 3.27. The van der Waals surface area contributed by atoms with Crippen molar-refractivity contribution in [2.75, 3.05) is 19.8 Å². The minimum absolute atomic E-state index is 0. The molecule has 0 bridgehead atoms. The van der Waals surface area contributed by atoms with E-state index in [0.29, 0.717) is 38.5 Å². The van der Waals surface area contributed by atoms with Gasteiger partial charge in [0.25, 0.3) is 0 Å². The molecular formula is C47H76O20V. The molecule has 4 saturated carbocycles. The van der Waals surface area contributed by atoms with Crippen LogP contribution >= 0.6 is 0 Å². The zero-order chi connectivity index (χ0) is 49.0. The van der Waals surface area contributed by atoms with Crippen molar-refractivity contribution in [3.05, 3.63) is 11.6 Å². The van der Waals surface area contributed by atoms with Crippen molar-refractivity contribution in [3.63, 3.8) is 0 Å². The summed E-state index contributed by atoms with van der Waals surface area (Å²) < 4.78 is 34.3. The standard InChI is InChI=1S/C47H76O20.V/c1-18-29(52)31(54)34(57)42(63-18)66-37-27(15-48)64-41(36(59)33(37)56)62-16-28-30(53)32(55)35(58)43(65-28)67-40(61)21-13-44(2,3)12-20-19(21)9-10-45(4)22(20)7-8-23-24(45)11-25(50)38-46(23,5)14-26(51)39(60)47(38,6)17-49;/h7,18-21,23-39,41-43,48-60H,8-17H2,1-6H3;/t18?,19?,20?,21?,23?,24?,25?,26?,27?,28?,29-,30+,31?,32?,33?,34-,35-,36-,37+,38?,39?,41?,42?,43?,45?,46?,47?;/m0./s1. The predicted octanol–water partition coefficient (Wildman–Crippen LogP) is -2.45. The fraction of sp³-hybridized carbons (Fsp3) is 0.936. The molecule has 13 N–H and O–H groups in total. The summed E-state index contributed by atoms with van der Waals surface area (Å²) in [5, 5.41) is 141. The van der Waals surface area contributed by atoms with Crippen LogP contribution < -0.4 is 0 Å². The third kappa shape index (κ3) is 9.13. The molecule has 1 radical (unpaired) electrons. The molecule has 20 nitrogen and oxygen atoms in total. The van der Waals surface area contributed by atoms with E-state index in [2.05, 4.69) is 33.8 Å². The number of allylic oxidation sites excluding steroid dienone is 2. The summed E-state index contributed by atoms with van der Waals surface area (Å²) in [6.45, 7) is 9.93. The Morgan fingerprint density at radius 3 is 2.01 bits per heavy atom. The molecule has 389 valence electrons. The molecule has 68 heavy (non-hydrogen) atoms. The van der Waals surface area contributed by atoms with E-state index in [1.165, 1.54) is 12.5 Å². The average molecular weight is 1010 g/mol. The Kier molecular flexibility index (Phi) is 16.2. The number of aliphatic hydroxyl groups is 13. The second kappa shape index (κ2) is 20.1. The summed E-state index contributed by atoms with van der Waals surface area (Å²) in [6, 6.07) is 0. The monoisotopic (exact) mass is 1010 g/mol. The van der Waals surface area contributed by atoms with Gasteiger partial charge in [-0.15, -0.1) is 0 Å². The molecule has 5 aliphatic carbocycles. The van der Waals surface area contributed by atoms with Crippen molar-refractivity contribution >= 4 is 5.97 Å². The van der Waals surface area contributed by atoms with Crippen LogP contribution in [0.25, 0.3) is 0 Å². The molecule has 0 amide bonds. The molecule has 0 aromatic carbocycles. The van der Waals surface area contributed by atoms with Crippen molar-refractivity contribution in [1.82, 2.24) is 0 Å². The molecule has 3 saturated heterocycles. The Labute approximate surface area is 408 Å². The van der Waals surface area contributed by atoms with Crippen molar-refractivity contribution in [1.29, 1.82) is 0 Å². The van der Waals surface area contributed by atoms with E-state index in [-0.39, 0.29) is 59.7 Å². The molecule has 8 aliphatic rings. The first-order valence-electron chi connectivity index (χ1n) is 24.2. The minimum Gasteiger partial charge on any atom is -0.432 e. The Balaban J connectivity index is 0.00000684. The third-order valence-corrected chi connectivity index (χ3v) is 18.3. The number of rotatable bonds is 9. The zero-order valence-electron chi connectivity index (χ0n) is 39.6. The second-order valence-electron chi connectivity index (χ2n) is 23.0. The van der Waals surface area contributed by atoms with Crippen LogP contribution in [0.3, 0.4) is 0 Å². The fourth-order valence-electron chi connectivity index (χ4n) is 14.8. The molecule has 21 heteroatoms. The molecular weight excluding hydrogens is 935 g/mol. The maximum Gasteiger partial charge on any atom is 0.311 e. The maximum absolute atomic E-state index is 14.4. The molecule has 0 aromatic rings. The minimum atomic E-state index is -1.87. The van der Waals surface area contributed by atoms with Gasteiger partial charge in [-0.05, 0) is 91.8 Å². The number of aliphatic hydroxyl groups excluding tert-OH is 13. The van der Waals surface area contributed by atoms with Crippen LogP contribution in [-0.2, 0) is 51.8 Å². The summed E-state index contributed by atoms with van der Waals surface area (Å²) in [6.07, 6.45) is -21.1. The third-order valence-electron chi connectivity index (χ3n) is 18.3. The van der Waals surface area contributed by atoms with E-state index in [1.807, 2.05) is 0 Å². The largest absolute Gasteiger partial charge is 0.432 e. The molecule has 7 fully saturated rings. The van der Waals surface area contributed by atoms with Gasteiger partial charge >= 0.3 is 5.97 Å². The van der Waals surface area contributed by atoms with Gasteiger partial charge in [-0.3, -0.25) is 4.79 Å². The van der Waals surface area contributed by atoms with E-state index in [9.17, 15) is 71.2 Å². The van der Waals surface area contributed by atoms with Crippen molar-refractivity contribution < 1.29 is 118 Å². The molecule has 3 heterocycles. The van der Waals surface area contributed by atoms with Gasteiger partial charge in [0.05, 0.1) is 50.2 Å². The molecule has 3 aliphatic heterocycles. The number of esters is 1. The van der Waals surface area contributed by atoms with E-state index < -0.39 is 152 Å². The van der Waals surface area contributed by atoms with Gasteiger partial charge in [0.15, 0.2) is 12.6 Å². The van der Waals surface area contributed by atoms with Crippen LogP contribution in [0.5, 0.6) is 0 Å². The zero-order valence-corrected chi connectivity index (χ0v) is 41.0. The summed E-state index contributed by atoms with van der Waals surface area (Å²) >= 11 is 0. The molecule has 0 aromatic heterocycles. The number of carbonyl (C=O) groups excluding carboxylic acids is 1. The van der Waals surface area contributed by atoms with Crippen LogP contribution in [0.2, 0.25) is 0 Å². The maximum atomic E-state index is 14.4. The molecule has 27 atom stereocenters. The van der Waals surface area contributed by atoms with Gasteiger partial charge in [-0.1, -0.05) is 46.3 Å². The van der Waals surface area contributed by atoms with Crippen LogP contribution in [0.4, 0.5) is 0 Å². The first-order chi connectivity index (χ1) is 31.3. The van der Waals surface area contributed by atoms with Crippen LogP contribution in [0, 0.1) is 57.2 Å². The van der Waals surface area contributed by atoms with Crippen molar-refractivity contribution in [3.8, 4) is 0 Å². The summed E-state index contributed by atoms with van der Waals surface area (Å²) in [5.74, 6) is -1.79. The van der Waals surface area contributed by atoms with Gasteiger partial charge in [0, 0.05) is 29.9 Å². The van der Waals surface area contributed by atoms with E-state index in [4.69, 9.17) is 28.4 Å². The summed E-state index contributed by atoms with van der Waals surface area (Å²) in [5.41, 5.74) is -1.10. The van der Waals surface area contributed by atoms with Gasteiger partial charge < -0.3 is 94.8 Å². The topological polar surface area (TPSA) is 335 Å². The van der Waals surface area contributed by atoms with E-state index >= 15 is 0 Å². The molecule has 8 rings (SSSR count). The summed E-state index contributed by atoms with van der Waals surface area (Å²) in [7, 11) is 0. The van der Waals surface area contributed by atoms with Crippen molar-refractivity contribution in [2.24, 2.45) is 57.2 Å². The Bertz CT molecular complexity index is 1810. The van der Waals surface area contributed by atoms with Crippen LogP contribution in [-0.4, -0.2) is 203 Å². The SMILES string of the molecule is CC1OC(O[C@@H]2C(CO)OC(OCC3OC(OC(=O)C4CC(C)(C)CC5C6=CCC7C(CC(O)C8C(C)(CO)C(O)C(O)CC78C)C6(C)CCC45)[C@@H](O)C(O)[C@@H]3O)[C@@H](O)C2O)[C@@H](O)C(O)[C@H]1O.[V]. The first-order valence-corrected chi connectivity index (χ1v) is 24.2. The number of ether oxygens (including phenoxy) is 6. The number of carbonyl (C=O) groups is 1. The van der Waals surface area contributed by atoms with Gasteiger partial charge in [0.1, 0.15) is 67.1 Å². The van der Waals surface area contributed by atoms with Gasteiger partial charge in [-0.2, -0.15) is 0 Å². The van der Waals surface area contributed by atoms with Crippen molar-refractivity contribution in [2.45, 2.75) is 197 Å². The van der Waals surface area contributed by atoms with Crippen LogP contribution in [0.1, 0.15) is 86.5 Å². The second-order valence-corrected chi connectivity index (χ2v) is 23.0. The molecule has 0 spiro atoms. The Morgan fingerprint density at radius 2 is 1.35 bits per heavy atom. The quantitative estimate of drug-likeness (QED) is 0.0842. The number of hydrogen-bond donors (Lipinski definition) is 13. The molecule has 21 unspecified atom stereocenters. The summed E-state index contributed by atoms with van der Waals surface area (Å²) in [4.78, 5) is 14.4. The Morgan fingerprint density at radius 1 is 0.721 bits per heavy atom. The first kappa shape index (κ1) is 54.8. The van der Waals surface area contributed by atoms with E-state index in [0.717, 1.165) is 6.42 Å². The predicted molar refractivity (Wildman–Crippen MR) is 228 cm³/mol. The normalized spacial score (nSPS) is 54.4. The number of hydrogen-bond acceptors (Lipinski definition) is 20. The van der Waals surface area contributed by atoms with Gasteiger partial charge in [0.2, 0.25) is 6.29 Å². The smallest absolute Gasteiger partial charge is 0.311 e. The van der Waals surface area contributed by atoms with Crippen LogP contribution in [0.15, 0.2) is 11.6 Å². The van der Waals surface area contributed by atoms with E-state index in [1.54, 1.807) is 6.92 Å².